The number of hydrogen-bond donors (Lipinski definition) is 2. The smallest absolute Gasteiger partial charge is 0.253 e. The van der Waals surface area contributed by atoms with Crippen molar-refractivity contribution in [1.29, 1.82) is 0 Å². The number of halogens is 2. The predicted molar refractivity (Wildman–Crippen MR) is 117 cm³/mol. The second-order valence-electron chi connectivity index (χ2n) is 8.06. The molecule has 31 heavy (non-hydrogen) atoms. The van der Waals surface area contributed by atoms with Gasteiger partial charge in [-0.2, -0.15) is 0 Å². The summed E-state index contributed by atoms with van der Waals surface area (Å²) >= 11 is 0. The van der Waals surface area contributed by atoms with Gasteiger partial charge < -0.3 is 25.0 Å². The average Bonchev–Trinajstić information content (AvgIpc) is 2.76. The van der Waals surface area contributed by atoms with Gasteiger partial charge in [0.2, 0.25) is 0 Å². The van der Waals surface area contributed by atoms with E-state index in [1.54, 1.807) is 18.2 Å². The Morgan fingerprint density at radius 2 is 1.94 bits per heavy atom. The number of ether oxygens (including phenoxy) is 2. The maximum Gasteiger partial charge on any atom is 0.253 e. The summed E-state index contributed by atoms with van der Waals surface area (Å²) in [4.78, 5) is 15.0. The molecule has 2 aromatic carbocycles. The molecule has 0 radical (unpaired) electrons. The minimum atomic E-state index is -1.51. The van der Waals surface area contributed by atoms with Gasteiger partial charge in [-0.1, -0.05) is 6.07 Å². The van der Waals surface area contributed by atoms with Crippen LogP contribution in [0, 0.1) is 5.82 Å². The largest absolute Gasteiger partial charge is 0.494 e. The number of morpholine rings is 1. The lowest BCUT2D eigenvalue weighted by Crippen LogP contribution is -2.39. The molecular weight excluding hydrogens is 404 g/mol. The summed E-state index contributed by atoms with van der Waals surface area (Å²) in [7, 11) is 1.42. The summed E-state index contributed by atoms with van der Waals surface area (Å²) in [5.74, 6) is -0.585. The quantitative estimate of drug-likeness (QED) is 0.664. The van der Waals surface area contributed by atoms with Crippen LogP contribution >= 0.6 is 0 Å². The monoisotopic (exact) mass is 433 g/mol. The van der Waals surface area contributed by atoms with E-state index < -0.39 is 11.5 Å². The number of hydrogen-bond acceptors (Lipinski definition) is 5. The predicted octanol–water partition coefficient (Wildman–Crippen LogP) is 3.76. The van der Waals surface area contributed by atoms with Crippen molar-refractivity contribution in [2.45, 2.75) is 26.1 Å². The highest BCUT2D eigenvalue weighted by Gasteiger charge is 2.22. The summed E-state index contributed by atoms with van der Waals surface area (Å²) in [5, 5.41) is 5.90. The molecule has 1 saturated heterocycles. The van der Waals surface area contributed by atoms with Crippen LogP contribution in [0.5, 0.6) is 5.75 Å². The van der Waals surface area contributed by atoms with Gasteiger partial charge in [-0.25, -0.2) is 8.78 Å². The average molecular weight is 433 g/mol. The number of nitrogens with one attached hydrogen (secondary N) is 2. The molecule has 0 aliphatic carbocycles. The molecule has 1 fully saturated rings. The molecule has 168 valence electrons. The lowest BCUT2D eigenvalue weighted by atomic mass is 10.1. The van der Waals surface area contributed by atoms with E-state index in [9.17, 15) is 13.6 Å². The molecule has 0 spiro atoms. The van der Waals surface area contributed by atoms with Crippen LogP contribution in [-0.4, -0.2) is 51.5 Å². The number of amides is 1. The van der Waals surface area contributed by atoms with E-state index in [4.69, 9.17) is 9.47 Å². The zero-order valence-corrected chi connectivity index (χ0v) is 18.1. The number of nitrogens with zero attached hydrogens (tertiary/aromatic N) is 1. The zero-order valence-electron chi connectivity index (χ0n) is 18.1. The number of carbonyl (C=O) groups excluding carboxylic acids is 1. The maximum atomic E-state index is 13.9. The summed E-state index contributed by atoms with van der Waals surface area (Å²) in [5.41, 5.74) is 1.16. The van der Waals surface area contributed by atoms with Crippen LogP contribution in [0.1, 0.15) is 29.8 Å². The summed E-state index contributed by atoms with van der Waals surface area (Å²) in [6.45, 7) is 5.64. The molecule has 0 bridgehead atoms. The van der Waals surface area contributed by atoms with Crippen molar-refractivity contribution in [2.75, 3.05) is 50.2 Å². The Labute approximate surface area is 181 Å². The molecule has 8 heteroatoms. The van der Waals surface area contributed by atoms with Gasteiger partial charge in [0.15, 0.2) is 11.6 Å². The van der Waals surface area contributed by atoms with Gasteiger partial charge in [0, 0.05) is 31.0 Å². The van der Waals surface area contributed by atoms with E-state index in [0.717, 1.165) is 11.3 Å². The van der Waals surface area contributed by atoms with E-state index in [0.29, 0.717) is 44.1 Å². The lowest BCUT2D eigenvalue weighted by molar-refractivity contribution is 0.0919. The first-order valence-corrected chi connectivity index (χ1v) is 10.3. The molecule has 1 aliphatic heterocycles. The summed E-state index contributed by atoms with van der Waals surface area (Å²) in [6.07, 6.45) is 0. The topological polar surface area (TPSA) is 62.8 Å². The first kappa shape index (κ1) is 22.8. The summed E-state index contributed by atoms with van der Waals surface area (Å²) < 4.78 is 38.2. The third-order valence-electron chi connectivity index (χ3n) is 4.98. The molecule has 6 nitrogen and oxygen atoms in total. The minimum absolute atomic E-state index is 0.0861. The fraction of sp³-hybridized carbons (Fsp3) is 0.435. The van der Waals surface area contributed by atoms with Crippen LogP contribution in [0.2, 0.25) is 0 Å². The summed E-state index contributed by atoms with van der Waals surface area (Å²) in [6, 6.07) is 10.2. The molecule has 0 unspecified atom stereocenters. The molecule has 0 atom stereocenters. The van der Waals surface area contributed by atoms with Crippen LogP contribution in [0.4, 0.5) is 20.2 Å². The Morgan fingerprint density at radius 3 is 2.58 bits per heavy atom. The van der Waals surface area contributed by atoms with Gasteiger partial charge in [-0.3, -0.25) is 4.79 Å². The van der Waals surface area contributed by atoms with Crippen LogP contribution in [0.15, 0.2) is 36.4 Å². The molecule has 0 aromatic heterocycles. The lowest BCUT2D eigenvalue weighted by Gasteiger charge is -2.30. The van der Waals surface area contributed by atoms with E-state index >= 15 is 0 Å². The van der Waals surface area contributed by atoms with Crippen LogP contribution < -0.4 is 20.3 Å². The normalized spacial score (nSPS) is 14.3. The van der Waals surface area contributed by atoms with E-state index in [-0.39, 0.29) is 18.2 Å². The van der Waals surface area contributed by atoms with Crippen molar-refractivity contribution in [3.8, 4) is 5.75 Å². The fourth-order valence-corrected chi connectivity index (χ4v) is 3.32. The van der Waals surface area contributed by atoms with Crippen molar-refractivity contribution in [3.05, 3.63) is 53.3 Å². The highest BCUT2D eigenvalue weighted by atomic mass is 19.1. The van der Waals surface area contributed by atoms with Gasteiger partial charge in [0.05, 0.1) is 32.4 Å². The molecule has 2 N–H and O–H groups in total. The van der Waals surface area contributed by atoms with Crippen LogP contribution in [0.25, 0.3) is 0 Å². The Morgan fingerprint density at radius 1 is 1.19 bits per heavy atom. The Kier molecular flexibility index (Phi) is 7.33. The molecule has 2 aromatic rings. The Balaban J connectivity index is 1.79. The zero-order chi connectivity index (χ0) is 22.4. The van der Waals surface area contributed by atoms with Crippen molar-refractivity contribution in [1.82, 2.24) is 5.32 Å². The second kappa shape index (κ2) is 9.96. The van der Waals surface area contributed by atoms with Gasteiger partial charge >= 0.3 is 0 Å². The number of rotatable bonds is 8. The Bertz CT molecular complexity index is 909. The Hall–Kier alpha value is -2.87. The molecule has 3 rings (SSSR count). The fourth-order valence-electron chi connectivity index (χ4n) is 3.32. The number of alkyl halides is 1. The number of methoxy groups -OCH3 is 1. The maximum absolute atomic E-state index is 13.9. The first-order chi connectivity index (χ1) is 14.8. The highest BCUT2D eigenvalue weighted by molar-refractivity contribution is 6.01. The second-order valence-corrected chi connectivity index (χ2v) is 8.06. The van der Waals surface area contributed by atoms with Crippen molar-refractivity contribution < 1.29 is 23.0 Å². The van der Waals surface area contributed by atoms with Crippen molar-refractivity contribution in [3.63, 3.8) is 0 Å². The molecule has 0 saturated carbocycles. The third-order valence-corrected chi connectivity index (χ3v) is 4.98. The van der Waals surface area contributed by atoms with Crippen molar-refractivity contribution in [2.24, 2.45) is 0 Å². The number of benzene rings is 2. The van der Waals surface area contributed by atoms with E-state index in [2.05, 4.69) is 15.5 Å². The molecule has 1 amide bonds. The van der Waals surface area contributed by atoms with Gasteiger partial charge in [0.1, 0.15) is 5.67 Å². The highest BCUT2D eigenvalue weighted by Crippen LogP contribution is 2.26. The minimum Gasteiger partial charge on any atom is -0.494 e. The number of anilines is 2. The standard InChI is InChI=1S/C23H29F2N3O3/c1-23(2,25)15-27-22(29)18-13-17(5-6-20(18)28-8-10-31-11-9-28)26-14-16-4-7-21(30-3)19(24)12-16/h4-7,12-13,26H,8-11,14-15H2,1-3H3,(H,27,29). The number of carbonyl (C=O) groups is 1. The molecule has 1 heterocycles. The first-order valence-electron chi connectivity index (χ1n) is 10.3. The van der Waals surface area contributed by atoms with Gasteiger partial charge in [-0.15, -0.1) is 0 Å². The van der Waals surface area contributed by atoms with Crippen LogP contribution in [0.3, 0.4) is 0 Å². The van der Waals surface area contributed by atoms with E-state index in [1.165, 1.54) is 27.0 Å². The van der Waals surface area contributed by atoms with Gasteiger partial charge in [-0.05, 0) is 49.7 Å². The van der Waals surface area contributed by atoms with Crippen LogP contribution in [-0.2, 0) is 11.3 Å². The van der Waals surface area contributed by atoms with E-state index in [1.807, 2.05) is 12.1 Å². The van der Waals surface area contributed by atoms with Crippen molar-refractivity contribution >= 4 is 17.3 Å². The molecule has 1 aliphatic rings. The molecular formula is C23H29F2N3O3. The third kappa shape index (κ3) is 6.30. The SMILES string of the molecule is COc1ccc(CNc2ccc(N3CCOCC3)c(C(=O)NCC(C)(C)F)c2)cc1F. The van der Waals surface area contributed by atoms with Gasteiger partial charge in [0.25, 0.3) is 5.91 Å².